The predicted molar refractivity (Wildman–Crippen MR) is 123 cm³/mol. The van der Waals surface area contributed by atoms with Crippen LogP contribution >= 0.6 is 0 Å². The van der Waals surface area contributed by atoms with Crippen molar-refractivity contribution in [2.75, 3.05) is 19.8 Å². The number of hydrogen-bond acceptors (Lipinski definition) is 5. The fourth-order valence-corrected chi connectivity index (χ4v) is 3.99. The lowest BCUT2D eigenvalue weighted by atomic mass is 10.0. The van der Waals surface area contributed by atoms with E-state index in [-0.39, 0.29) is 13.2 Å². The maximum atomic E-state index is 9.90. The molecule has 0 radical (unpaired) electrons. The van der Waals surface area contributed by atoms with Gasteiger partial charge in [0.2, 0.25) is 0 Å². The molecule has 3 N–H and O–H groups in total. The van der Waals surface area contributed by atoms with E-state index in [2.05, 4.69) is 19.1 Å². The van der Waals surface area contributed by atoms with Gasteiger partial charge in [-0.2, -0.15) is 0 Å². The molecule has 1 fully saturated rings. The number of aliphatic hydroxyl groups excluding tert-OH is 3. The highest BCUT2D eigenvalue weighted by atomic mass is 16.6. The Morgan fingerprint density at radius 2 is 1.40 bits per heavy atom. The van der Waals surface area contributed by atoms with Crippen LogP contribution in [0.5, 0.6) is 0 Å². The van der Waals surface area contributed by atoms with Crippen LogP contribution in [-0.4, -0.2) is 59.6 Å². The third-order valence-corrected chi connectivity index (χ3v) is 5.95. The van der Waals surface area contributed by atoms with Gasteiger partial charge in [0.1, 0.15) is 24.4 Å². The first kappa shape index (κ1) is 27.6. The molecule has 1 aliphatic heterocycles. The van der Waals surface area contributed by atoms with E-state index in [4.69, 9.17) is 14.6 Å². The van der Waals surface area contributed by atoms with Crippen molar-refractivity contribution < 1.29 is 24.8 Å². The number of allylic oxidation sites excluding steroid dienone is 2. The number of hydrogen-bond donors (Lipinski definition) is 3. The molecule has 178 valence electrons. The van der Waals surface area contributed by atoms with Crippen molar-refractivity contribution in [2.24, 2.45) is 0 Å². The van der Waals surface area contributed by atoms with Gasteiger partial charge in [-0.15, -0.1) is 0 Å². The van der Waals surface area contributed by atoms with Crippen molar-refractivity contribution in [1.29, 1.82) is 0 Å². The second kappa shape index (κ2) is 19.2. The fourth-order valence-electron chi connectivity index (χ4n) is 3.99. The third kappa shape index (κ3) is 13.1. The number of ether oxygens (including phenoxy) is 2. The molecule has 1 heterocycles. The van der Waals surface area contributed by atoms with Gasteiger partial charge in [-0.05, 0) is 25.7 Å². The van der Waals surface area contributed by atoms with Crippen molar-refractivity contribution in [3.05, 3.63) is 12.2 Å². The summed E-state index contributed by atoms with van der Waals surface area (Å²) in [4.78, 5) is 0. The van der Waals surface area contributed by atoms with E-state index in [0.717, 1.165) is 12.8 Å². The van der Waals surface area contributed by atoms with Crippen LogP contribution in [-0.2, 0) is 9.47 Å². The minimum Gasteiger partial charge on any atom is -0.394 e. The first-order chi connectivity index (χ1) is 14.7. The molecule has 5 heteroatoms. The van der Waals surface area contributed by atoms with E-state index < -0.39 is 24.4 Å². The molecule has 30 heavy (non-hydrogen) atoms. The van der Waals surface area contributed by atoms with Gasteiger partial charge in [-0.1, -0.05) is 89.7 Å². The highest BCUT2D eigenvalue weighted by molar-refractivity contribution is 4.89. The number of aliphatic hydroxyl groups is 3. The fraction of sp³-hybridized carbons (Fsp3) is 0.920. The first-order valence-corrected chi connectivity index (χ1v) is 12.6. The zero-order valence-electron chi connectivity index (χ0n) is 19.4. The van der Waals surface area contributed by atoms with E-state index in [1.807, 2.05) is 0 Å². The highest BCUT2D eigenvalue weighted by Crippen LogP contribution is 2.21. The van der Waals surface area contributed by atoms with Crippen LogP contribution in [0.2, 0.25) is 0 Å². The Labute approximate surface area is 184 Å². The van der Waals surface area contributed by atoms with Crippen molar-refractivity contribution in [2.45, 2.75) is 128 Å². The maximum absolute atomic E-state index is 9.90. The molecule has 4 atom stereocenters. The van der Waals surface area contributed by atoms with Gasteiger partial charge in [0.05, 0.1) is 13.2 Å². The van der Waals surface area contributed by atoms with E-state index in [0.29, 0.717) is 6.61 Å². The van der Waals surface area contributed by atoms with Crippen LogP contribution in [0.1, 0.15) is 103 Å². The van der Waals surface area contributed by atoms with E-state index in [1.54, 1.807) is 0 Å². The molecule has 0 unspecified atom stereocenters. The molecule has 0 saturated carbocycles. The summed E-state index contributed by atoms with van der Waals surface area (Å²) in [5.74, 6) is 0. The second-order valence-corrected chi connectivity index (χ2v) is 8.74. The maximum Gasteiger partial charge on any atom is 0.114 e. The third-order valence-electron chi connectivity index (χ3n) is 5.95. The molecule has 1 saturated heterocycles. The molecule has 1 rings (SSSR count). The van der Waals surface area contributed by atoms with E-state index in [9.17, 15) is 10.2 Å². The zero-order chi connectivity index (χ0) is 21.9. The summed E-state index contributed by atoms with van der Waals surface area (Å²) in [7, 11) is 0. The van der Waals surface area contributed by atoms with Gasteiger partial charge < -0.3 is 24.8 Å². The topological polar surface area (TPSA) is 79.2 Å². The average molecular weight is 429 g/mol. The summed E-state index contributed by atoms with van der Waals surface area (Å²) in [6.07, 6.45) is 21.0. The highest BCUT2D eigenvalue weighted by Gasteiger charge is 2.40. The number of rotatable bonds is 20. The summed E-state index contributed by atoms with van der Waals surface area (Å²) in [5.41, 5.74) is 0. The summed E-state index contributed by atoms with van der Waals surface area (Å²) in [6.45, 7) is 2.58. The summed E-state index contributed by atoms with van der Waals surface area (Å²) < 4.78 is 11.1. The molecule has 1 aliphatic rings. The molecule has 0 aromatic carbocycles. The first-order valence-electron chi connectivity index (χ1n) is 12.6. The van der Waals surface area contributed by atoms with E-state index in [1.165, 1.54) is 83.5 Å². The van der Waals surface area contributed by atoms with Gasteiger partial charge in [0.25, 0.3) is 0 Å². The van der Waals surface area contributed by atoms with Crippen LogP contribution in [0.4, 0.5) is 0 Å². The Balaban J connectivity index is 1.83. The normalized spacial score (nSPS) is 22.9. The predicted octanol–water partition coefficient (Wildman–Crippen LogP) is 4.91. The molecular formula is C25H48O5. The molecule has 5 nitrogen and oxygen atoms in total. The average Bonchev–Trinajstić information content (AvgIpc) is 3.12. The Hall–Kier alpha value is -0.460. The van der Waals surface area contributed by atoms with Gasteiger partial charge in [-0.3, -0.25) is 0 Å². The van der Waals surface area contributed by atoms with Crippen LogP contribution in [0.15, 0.2) is 12.2 Å². The molecule has 0 aliphatic carbocycles. The summed E-state index contributed by atoms with van der Waals surface area (Å²) in [5, 5.41) is 28.7. The summed E-state index contributed by atoms with van der Waals surface area (Å²) in [6, 6.07) is 0. The van der Waals surface area contributed by atoms with Crippen LogP contribution in [0, 0.1) is 0 Å². The van der Waals surface area contributed by atoms with E-state index >= 15 is 0 Å². The lowest BCUT2D eigenvalue weighted by Gasteiger charge is -2.23. The zero-order valence-corrected chi connectivity index (χ0v) is 19.4. The lowest BCUT2D eigenvalue weighted by Crippen LogP contribution is -2.42. The number of unbranched alkanes of at least 4 members (excludes halogenated alkanes) is 13. The van der Waals surface area contributed by atoms with Crippen molar-refractivity contribution in [1.82, 2.24) is 0 Å². The van der Waals surface area contributed by atoms with Crippen molar-refractivity contribution >= 4 is 0 Å². The SMILES string of the molecule is CCCC/C=C/CCCCCCCCCCCCCO[C@H]1[C@@H]([C@H](O)CO)OC[C@@H]1O. The molecule has 0 aromatic rings. The van der Waals surface area contributed by atoms with Gasteiger partial charge in [0.15, 0.2) is 0 Å². The smallest absolute Gasteiger partial charge is 0.114 e. The molecule has 0 spiro atoms. The second-order valence-electron chi connectivity index (χ2n) is 8.74. The van der Waals surface area contributed by atoms with Crippen LogP contribution in [0.25, 0.3) is 0 Å². The largest absolute Gasteiger partial charge is 0.394 e. The van der Waals surface area contributed by atoms with Gasteiger partial charge >= 0.3 is 0 Å². The Morgan fingerprint density at radius 1 is 0.867 bits per heavy atom. The minimum absolute atomic E-state index is 0.155. The quantitative estimate of drug-likeness (QED) is 0.190. The standard InChI is InChI=1S/C25H48O5/c1-2-3-4-5-6-7-8-9-10-11-12-13-14-15-16-17-18-19-29-25-23(28)21-30-24(25)22(27)20-26/h5-6,22-28H,2-4,7-21H2,1H3/b6-5+/t22-,23+,24-,25-/m1/s1. The molecular weight excluding hydrogens is 380 g/mol. The molecule has 0 aromatic heterocycles. The molecule has 0 amide bonds. The van der Waals surface area contributed by atoms with Crippen LogP contribution < -0.4 is 0 Å². The van der Waals surface area contributed by atoms with Gasteiger partial charge in [-0.25, -0.2) is 0 Å². The Kier molecular flexibility index (Phi) is 17.7. The minimum atomic E-state index is -1.00. The lowest BCUT2D eigenvalue weighted by molar-refractivity contribution is -0.0938. The monoisotopic (exact) mass is 428 g/mol. The Bertz CT molecular complexity index is 401. The molecule has 0 bridgehead atoms. The Morgan fingerprint density at radius 3 is 1.97 bits per heavy atom. The van der Waals surface area contributed by atoms with Crippen molar-refractivity contribution in [3.63, 3.8) is 0 Å². The van der Waals surface area contributed by atoms with Crippen molar-refractivity contribution in [3.8, 4) is 0 Å². The summed E-state index contributed by atoms with van der Waals surface area (Å²) >= 11 is 0. The van der Waals surface area contributed by atoms with Crippen LogP contribution in [0.3, 0.4) is 0 Å². The van der Waals surface area contributed by atoms with Gasteiger partial charge in [0, 0.05) is 6.61 Å².